The highest BCUT2D eigenvalue weighted by Gasteiger charge is 2.15. The first-order valence-corrected chi connectivity index (χ1v) is 6.06. The van der Waals surface area contributed by atoms with Gasteiger partial charge in [0, 0.05) is 31.7 Å². The van der Waals surface area contributed by atoms with Crippen molar-refractivity contribution in [3.63, 3.8) is 0 Å². The molecule has 0 unspecified atom stereocenters. The van der Waals surface area contributed by atoms with E-state index < -0.39 is 0 Å². The Kier molecular flexibility index (Phi) is 3.96. The maximum Gasteiger partial charge on any atom is 0.257 e. The molecular formula is C15H14N4O. The molecule has 0 aliphatic carbocycles. The van der Waals surface area contributed by atoms with Crippen LogP contribution in [0.4, 0.5) is 5.69 Å². The van der Waals surface area contributed by atoms with Crippen LogP contribution in [0, 0.1) is 11.3 Å². The first kappa shape index (κ1) is 13.6. The monoisotopic (exact) mass is 266 g/mol. The summed E-state index contributed by atoms with van der Waals surface area (Å²) in [6, 6.07) is 10.8. The Morgan fingerprint density at radius 3 is 2.95 bits per heavy atom. The zero-order valence-electron chi connectivity index (χ0n) is 11.1. The van der Waals surface area contributed by atoms with Crippen LogP contribution in [0.2, 0.25) is 0 Å². The van der Waals surface area contributed by atoms with E-state index in [4.69, 9.17) is 11.0 Å². The van der Waals surface area contributed by atoms with Crippen molar-refractivity contribution in [2.45, 2.75) is 6.54 Å². The van der Waals surface area contributed by atoms with Crippen molar-refractivity contribution in [2.75, 3.05) is 12.8 Å². The van der Waals surface area contributed by atoms with Gasteiger partial charge in [0.2, 0.25) is 0 Å². The second-order valence-corrected chi connectivity index (χ2v) is 4.44. The second kappa shape index (κ2) is 5.85. The van der Waals surface area contributed by atoms with Gasteiger partial charge in [-0.3, -0.25) is 9.78 Å². The number of benzene rings is 1. The number of rotatable bonds is 3. The summed E-state index contributed by atoms with van der Waals surface area (Å²) in [6.45, 7) is 0.405. The number of nitrogens with two attached hydrogens (primary N) is 1. The molecule has 0 aliphatic heterocycles. The molecule has 0 radical (unpaired) electrons. The quantitative estimate of drug-likeness (QED) is 0.918. The van der Waals surface area contributed by atoms with Crippen LogP contribution in [-0.4, -0.2) is 22.8 Å². The number of anilines is 1. The Bertz CT molecular complexity index is 676. The molecule has 5 nitrogen and oxygen atoms in total. The number of hydrogen-bond donors (Lipinski definition) is 1. The van der Waals surface area contributed by atoms with Crippen LogP contribution in [0.25, 0.3) is 0 Å². The molecule has 0 saturated carbocycles. The first-order valence-electron chi connectivity index (χ1n) is 6.06. The number of amides is 1. The van der Waals surface area contributed by atoms with E-state index >= 15 is 0 Å². The van der Waals surface area contributed by atoms with Crippen molar-refractivity contribution in [2.24, 2.45) is 0 Å². The third kappa shape index (κ3) is 2.93. The minimum Gasteiger partial charge on any atom is -0.398 e. The van der Waals surface area contributed by atoms with Crippen LogP contribution in [0.1, 0.15) is 21.5 Å². The highest BCUT2D eigenvalue weighted by Crippen LogP contribution is 2.14. The lowest BCUT2D eigenvalue weighted by molar-refractivity contribution is 0.0785. The van der Waals surface area contributed by atoms with Gasteiger partial charge < -0.3 is 10.6 Å². The number of carbonyl (C=O) groups is 1. The molecule has 20 heavy (non-hydrogen) atoms. The molecule has 2 aromatic rings. The Labute approximate surface area is 117 Å². The topological polar surface area (TPSA) is 83.0 Å². The van der Waals surface area contributed by atoms with Gasteiger partial charge in [0.15, 0.2) is 0 Å². The number of carbonyl (C=O) groups excluding carboxylic acids is 1. The van der Waals surface area contributed by atoms with E-state index in [0.717, 1.165) is 5.56 Å². The van der Waals surface area contributed by atoms with Gasteiger partial charge in [-0.25, -0.2) is 0 Å². The summed E-state index contributed by atoms with van der Waals surface area (Å²) in [5.41, 5.74) is 8.02. The zero-order chi connectivity index (χ0) is 14.5. The first-order chi connectivity index (χ1) is 9.61. The summed E-state index contributed by atoms with van der Waals surface area (Å²) < 4.78 is 0. The lowest BCUT2D eigenvalue weighted by Gasteiger charge is -2.18. The van der Waals surface area contributed by atoms with Crippen molar-refractivity contribution >= 4 is 11.6 Å². The van der Waals surface area contributed by atoms with Crippen LogP contribution >= 0.6 is 0 Å². The maximum atomic E-state index is 12.3. The third-order valence-electron chi connectivity index (χ3n) is 2.91. The van der Waals surface area contributed by atoms with Gasteiger partial charge in [-0.1, -0.05) is 12.1 Å². The third-order valence-corrected chi connectivity index (χ3v) is 2.91. The lowest BCUT2D eigenvalue weighted by atomic mass is 10.1. The molecule has 1 aromatic carbocycles. The number of nitrogen functional groups attached to an aromatic ring is 1. The molecule has 1 aromatic heterocycles. The smallest absolute Gasteiger partial charge is 0.257 e. The average molecular weight is 266 g/mol. The number of pyridine rings is 1. The van der Waals surface area contributed by atoms with Crippen molar-refractivity contribution in [1.82, 2.24) is 9.88 Å². The molecule has 0 atom stereocenters. The molecule has 0 fully saturated rings. The molecule has 0 bridgehead atoms. The molecule has 1 amide bonds. The van der Waals surface area contributed by atoms with Gasteiger partial charge in [0.05, 0.1) is 17.2 Å². The molecule has 0 aliphatic rings. The van der Waals surface area contributed by atoms with Gasteiger partial charge in [-0.2, -0.15) is 5.26 Å². The van der Waals surface area contributed by atoms with Crippen molar-refractivity contribution in [1.29, 1.82) is 5.26 Å². The lowest BCUT2D eigenvalue weighted by Crippen LogP contribution is -2.27. The number of nitriles is 1. The summed E-state index contributed by atoms with van der Waals surface area (Å²) >= 11 is 0. The Balaban J connectivity index is 2.16. The van der Waals surface area contributed by atoms with Gasteiger partial charge in [-0.05, 0) is 23.8 Å². The van der Waals surface area contributed by atoms with E-state index in [1.807, 2.05) is 6.07 Å². The highest BCUT2D eigenvalue weighted by molar-refractivity contribution is 5.98. The summed E-state index contributed by atoms with van der Waals surface area (Å²) in [5.74, 6) is -0.196. The van der Waals surface area contributed by atoms with Crippen LogP contribution in [-0.2, 0) is 6.54 Å². The minimum absolute atomic E-state index is 0.196. The van der Waals surface area contributed by atoms with Crippen molar-refractivity contribution in [3.05, 3.63) is 59.4 Å². The number of nitrogens with zero attached hydrogens (tertiary/aromatic N) is 3. The van der Waals surface area contributed by atoms with Gasteiger partial charge >= 0.3 is 0 Å². The van der Waals surface area contributed by atoms with E-state index in [1.54, 1.807) is 42.4 Å². The summed E-state index contributed by atoms with van der Waals surface area (Å²) in [7, 11) is 1.69. The fraction of sp³-hybridized carbons (Fsp3) is 0.133. The minimum atomic E-state index is -0.196. The van der Waals surface area contributed by atoms with Gasteiger partial charge in [0.25, 0.3) is 5.91 Å². The van der Waals surface area contributed by atoms with Crippen molar-refractivity contribution < 1.29 is 4.79 Å². The van der Waals surface area contributed by atoms with Crippen LogP contribution in [0.3, 0.4) is 0 Å². The normalized spacial score (nSPS) is 9.80. The van der Waals surface area contributed by atoms with E-state index in [2.05, 4.69) is 11.1 Å². The van der Waals surface area contributed by atoms with Crippen molar-refractivity contribution in [3.8, 4) is 6.07 Å². The molecular weight excluding hydrogens is 252 g/mol. The zero-order valence-corrected chi connectivity index (χ0v) is 11.1. The van der Waals surface area contributed by atoms with E-state index in [9.17, 15) is 4.79 Å². The number of hydrogen-bond acceptors (Lipinski definition) is 4. The largest absolute Gasteiger partial charge is 0.398 e. The molecule has 0 saturated heterocycles. The average Bonchev–Trinajstić information content (AvgIpc) is 2.47. The Morgan fingerprint density at radius 1 is 1.45 bits per heavy atom. The summed E-state index contributed by atoms with van der Waals surface area (Å²) in [6.07, 6.45) is 3.00. The van der Waals surface area contributed by atoms with Gasteiger partial charge in [0.1, 0.15) is 0 Å². The molecule has 2 rings (SSSR count). The highest BCUT2D eigenvalue weighted by atomic mass is 16.2. The SMILES string of the molecule is CN(Cc1cccc(C#N)c1)C(=O)c1cnccc1N. The molecule has 0 spiro atoms. The van der Waals surface area contributed by atoms with E-state index in [1.165, 1.54) is 6.20 Å². The Morgan fingerprint density at radius 2 is 2.25 bits per heavy atom. The Hall–Kier alpha value is -2.87. The standard InChI is InChI=1S/C15H14N4O/c1-19(10-12-4-2-3-11(7-12)8-16)15(20)13-9-18-6-5-14(13)17/h2-7,9H,10H2,1H3,(H2,17,18). The summed E-state index contributed by atoms with van der Waals surface area (Å²) in [4.78, 5) is 17.7. The van der Waals surface area contributed by atoms with Crippen LogP contribution in [0.15, 0.2) is 42.7 Å². The second-order valence-electron chi connectivity index (χ2n) is 4.44. The fourth-order valence-electron chi connectivity index (χ4n) is 1.87. The molecule has 5 heteroatoms. The van der Waals surface area contributed by atoms with Crippen LogP contribution < -0.4 is 5.73 Å². The predicted molar refractivity (Wildman–Crippen MR) is 75.6 cm³/mol. The maximum absolute atomic E-state index is 12.3. The fourth-order valence-corrected chi connectivity index (χ4v) is 1.87. The van der Waals surface area contributed by atoms with E-state index in [-0.39, 0.29) is 5.91 Å². The summed E-state index contributed by atoms with van der Waals surface area (Å²) in [5, 5.41) is 8.86. The molecule has 2 N–H and O–H groups in total. The van der Waals surface area contributed by atoms with Gasteiger partial charge in [-0.15, -0.1) is 0 Å². The predicted octanol–water partition coefficient (Wildman–Crippen LogP) is 1.81. The molecule has 100 valence electrons. The molecule has 1 heterocycles. The van der Waals surface area contributed by atoms with Crippen LogP contribution in [0.5, 0.6) is 0 Å². The van der Waals surface area contributed by atoms with E-state index in [0.29, 0.717) is 23.4 Å². The number of aromatic nitrogens is 1.